The van der Waals surface area contributed by atoms with Crippen molar-refractivity contribution in [2.75, 3.05) is 13.1 Å². The quantitative estimate of drug-likeness (QED) is 0.874. The summed E-state index contributed by atoms with van der Waals surface area (Å²) < 4.78 is 41.7. The predicted octanol–water partition coefficient (Wildman–Crippen LogP) is 3.46. The van der Waals surface area contributed by atoms with Crippen LogP contribution in [0, 0.1) is 0 Å². The molecule has 138 valence electrons. The minimum atomic E-state index is -4.85. The van der Waals surface area contributed by atoms with Crippen LogP contribution in [0.1, 0.15) is 28.3 Å². The Morgan fingerprint density at radius 1 is 1.08 bits per heavy atom. The molecule has 0 spiro atoms. The smallest absolute Gasteiger partial charge is 0.405 e. The summed E-state index contributed by atoms with van der Waals surface area (Å²) in [7, 11) is 0. The van der Waals surface area contributed by atoms with Crippen molar-refractivity contribution in [3.63, 3.8) is 0 Å². The van der Waals surface area contributed by atoms with Crippen LogP contribution in [0.4, 0.5) is 13.2 Å². The zero-order valence-electron chi connectivity index (χ0n) is 13.9. The topological polar surface area (TPSA) is 50.4 Å². The molecule has 0 bridgehead atoms. The normalized spacial score (nSPS) is 20.4. The highest BCUT2D eigenvalue weighted by molar-refractivity contribution is 5.97. The van der Waals surface area contributed by atoms with Gasteiger partial charge in [0.15, 0.2) is 0 Å². The summed E-state index contributed by atoms with van der Waals surface area (Å²) in [4.78, 5) is 12.6. The first-order valence-electron chi connectivity index (χ1n) is 8.35. The van der Waals surface area contributed by atoms with Crippen LogP contribution in [-0.4, -0.2) is 31.4 Å². The summed E-state index contributed by atoms with van der Waals surface area (Å²) in [6, 6.07) is 14.9. The van der Waals surface area contributed by atoms with Gasteiger partial charge in [-0.3, -0.25) is 4.79 Å². The number of hydrogen-bond acceptors (Lipinski definition) is 3. The van der Waals surface area contributed by atoms with E-state index in [1.807, 2.05) is 30.3 Å². The van der Waals surface area contributed by atoms with Crippen LogP contribution in [0.2, 0.25) is 0 Å². The molecule has 0 aromatic heterocycles. The molecule has 0 saturated carbocycles. The molecule has 2 aromatic rings. The van der Waals surface area contributed by atoms with Gasteiger partial charge in [0.2, 0.25) is 0 Å². The van der Waals surface area contributed by atoms with Gasteiger partial charge < -0.3 is 15.4 Å². The van der Waals surface area contributed by atoms with Gasteiger partial charge >= 0.3 is 6.36 Å². The number of benzene rings is 2. The Bertz CT molecular complexity index is 750. The molecule has 0 unspecified atom stereocenters. The molecule has 4 nitrogen and oxygen atoms in total. The Labute approximate surface area is 149 Å². The van der Waals surface area contributed by atoms with Crippen molar-refractivity contribution >= 4 is 5.91 Å². The number of para-hydroxylation sites is 1. The van der Waals surface area contributed by atoms with Crippen LogP contribution in [0.3, 0.4) is 0 Å². The van der Waals surface area contributed by atoms with Gasteiger partial charge in [0.25, 0.3) is 5.91 Å². The zero-order valence-corrected chi connectivity index (χ0v) is 13.9. The average molecular weight is 364 g/mol. The molecule has 1 amide bonds. The van der Waals surface area contributed by atoms with Gasteiger partial charge in [-0.15, -0.1) is 13.2 Å². The van der Waals surface area contributed by atoms with E-state index in [-0.39, 0.29) is 17.5 Å². The van der Waals surface area contributed by atoms with Crippen molar-refractivity contribution in [2.45, 2.75) is 24.7 Å². The van der Waals surface area contributed by atoms with E-state index in [4.69, 9.17) is 0 Å². The number of carbonyl (C=O) groups is 1. The summed E-state index contributed by atoms with van der Waals surface area (Å²) >= 11 is 0. The molecule has 26 heavy (non-hydrogen) atoms. The molecule has 2 N–H and O–H groups in total. The van der Waals surface area contributed by atoms with Gasteiger partial charge in [0.1, 0.15) is 5.75 Å². The second-order valence-corrected chi connectivity index (χ2v) is 6.13. The van der Waals surface area contributed by atoms with E-state index in [0.29, 0.717) is 13.0 Å². The van der Waals surface area contributed by atoms with E-state index in [1.165, 1.54) is 18.2 Å². The maximum absolute atomic E-state index is 12.6. The highest BCUT2D eigenvalue weighted by Crippen LogP contribution is 2.28. The summed E-state index contributed by atoms with van der Waals surface area (Å²) in [5.74, 6) is -1.02. The second-order valence-electron chi connectivity index (χ2n) is 6.13. The van der Waals surface area contributed by atoms with Gasteiger partial charge in [-0.05, 0) is 30.7 Å². The van der Waals surface area contributed by atoms with Crippen molar-refractivity contribution in [3.8, 4) is 5.75 Å². The van der Waals surface area contributed by atoms with Crippen LogP contribution in [0.25, 0.3) is 0 Å². The van der Waals surface area contributed by atoms with Crippen LogP contribution < -0.4 is 15.4 Å². The van der Waals surface area contributed by atoms with Gasteiger partial charge in [0.05, 0.1) is 5.56 Å². The lowest BCUT2D eigenvalue weighted by Gasteiger charge is -2.33. The van der Waals surface area contributed by atoms with Crippen molar-refractivity contribution in [1.29, 1.82) is 0 Å². The third-order valence-electron chi connectivity index (χ3n) is 4.38. The molecule has 1 fully saturated rings. The fraction of sp³-hybridized carbons (Fsp3) is 0.316. The lowest BCUT2D eigenvalue weighted by molar-refractivity contribution is -0.274. The van der Waals surface area contributed by atoms with Crippen LogP contribution in [0.15, 0.2) is 54.6 Å². The molecule has 0 aliphatic carbocycles. The number of piperidine rings is 1. The predicted molar refractivity (Wildman–Crippen MR) is 91.0 cm³/mol. The molecule has 1 saturated heterocycles. The zero-order chi connectivity index (χ0) is 18.6. The molecule has 1 aliphatic heterocycles. The first kappa shape index (κ1) is 18.3. The lowest BCUT2D eigenvalue weighted by atomic mass is 9.86. The Kier molecular flexibility index (Phi) is 5.46. The average Bonchev–Trinajstić information content (AvgIpc) is 2.62. The molecule has 7 heteroatoms. The fourth-order valence-electron chi connectivity index (χ4n) is 3.20. The number of ether oxygens (including phenoxy) is 1. The minimum Gasteiger partial charge on any atom is -0.405 e. The molecular weight excluding hydrogens is 345 g/mol. The Hall–Kier alpha value is -2.54. The van der Waals surface area contributed by atoms with E-state index in [2.05, 4.69) is 15.4 Å². The van der Waals surface area contributed by atoms with Crippen LogP contribution in [-0.2, 0) is 0 Å². The molecule has 0 radical (unpaired) electrons. The summed E-state index contributed by atoms with van der Waals surface area (Å²) in [6.07, 6.45) is -4.16. The molecule has 2 atom stereocenters. The third-order valence-corrected chi connectivity index (χ3v) is 4.38. The van der Waals surface area contributed by atoms with Gasteiger partial charge in [0, 0.05) is 18.5 Å². The Morgan fingerprint density at radius 3 is 2.50 bits per heavy atom. The van der Waals surface area contributed by atoms with E-state index >= 15 is 0 Å². The van der Waals surface area contributed by atoms with Crippen LogP contribution >= 0.6 is 0 Å². The number of rotatable bonds is 4. The highest BCUT2D eigenvalue weighted by atomic mass is 19.4. The lowest BCUT2D eigenvalue weighted by Crippen LogP contribution is -2.48. The third kappa shape index (κ3) is 4.54. The maximum atomic E-state index is 12.6. The van der Waals surface area contributed by atoms with Crippen molar-refractivity contribution in [2.24, 2.45) is 0 Å². The molecule has 1 heterocycles. The Morgan fingerprint density at radius 2 is 1.77 bits per heavy atom. The Balaban J connectivity index is 1.78. The molecular formula is C19H19F3N2O2. The van der Waals surface area contributed by atoms with E-state index < -0.39 is 18.0 Å². The number of nitrogens with one attached hydrogen (secondary N) is 2. The van der Waals surface area contributed by atoms with E-state index in [0.717, 1.165) is 18.2 Å². The number of alkyl halides is 3. The van der Waals surface area contributed by atoms with Crippen molar-refractivity contribution in [1.82, 2.24) is 10.6 Å². The van der Waals surface area contributed by atoms with Crippen molar-refractivity contribution in [3.05, 3.63) is 65.7 Å². The van der Waals surface area contributed by atoms with Crippen LogP contribution in [0.5, 0.6) is 5.75 Å². The van der Waals surface area contributed by atoms with E-state index in [1.54, 1.807) is 0 Å². The summed E-state index contributed by atoms with van der Waals surface area (Å²) in [5.41, 5.74) is 0.944. The number of amides is 1. The van der Waals surface area contributed by atoms with E-state index in [9.17, 15) is 18.0 Å². The first-order chi connectivity index (χ1) is 12.4. The minimum absolute atomic E-state index is 0.0459. The monoisotopic (exact) mass is 364 g/mol. The first-order valence-corrected chi connectivity index (χ1v) is 8.35. The number of carbonyl (C=O) groups excluding carboxylic acids is 1. The fourth-order valence-corrected chi connectivity index (χ4v) is 3.20. The van der Waals surface area contributed by atoms with Gasteiger partial charge in [-0.2, -0.15) is 0 Å². The van der Waals surface area contributed by atoms with Gasteiger partial charge in [-0.25, -0.2) is 0 Å². The number of halogens is 3. The van der Waals surface area contributed by atoms with Crippen molar-refractivity contribution < 1.29 is 22.7 Å². The summed E-state index contributed by atoms with van der Waals surface area (Å²) in [5, 5.41) is 6.18. The number of hydrogen-bond donors (Lipinski definition) is 2. The molecule has 1 aliphatic rings. The highest BCUT2D eigenvalue weighted by Gasteiger charge is 2.34. The maximum Gasteiger partial charge on any atom is 0.573 e. The molecule has 2 aromatic carbocycles. The standard InChI is InChI=1S/C19H19F3N2O2/c20-19(21,22)26-17-9-5-4-8-14(17)18(25)24-16-10-11-23-12-15(16)13-6-2-1-3-7-13/h1-9,15-16,23H,10-12H2,(H,24,25)/t15-,16-/m1/s1. The van der Waals surface area contributed by atoms with Gasteiger partial charge in [-0.1, -0.05) is 42.5 Å². The largest absolute Gasteiger partial charge is 0.573 e. The summed E-state index contributed by atoms with van der Waals surface area (Å²) in [6.45, 7) is 1.42. The SMILES string of the molecule is O=C(N[C@@H]1CCNC[C@@H]1c1ccccc1)c1ccccc1OC(F)(F)F. The second kappa shape index (κ2) is 7.78. The molecule has 3 rings (SSSR count).